The van der Waals surface area contributed by atoms with E-state index in [0.29, 0.717) is 5.69 Å². The van der Waals surface area contributed by atoms with Crippen LogP contribution in [0.4, 0.5) is 5.69 Å². The van der Waals surface area contributed by atoms with Gasteiger partial charge in [0.1, 0.15) is 12.1 Å². The molecule has 0 saturated carbocycles. The Morgan fingerprint density at radius 1 is 1.47 bits per heavy atom. The molecule has 6 nitrogen and oxygen atoms in total. The van der Waals surface area contributed by atoms with E-state index in [1.807, 2.05) is 13.0 Å². The molecule has 2 N–H and O–H groups in total. The van der Waals surface area contributed by atoms with Crippen LogP contribution in [0.1, 0.15) is 16.2 Å². The summed E-state index contributed by atoms with van der Waals surface area (Å²) in [4.78, 5) is 15.4. The monoisotopic (exact) mass is 232 g/mol. The minimum absolute atomic E-state index is 0.179. The van der Waals surface area contributed by atoms with Gasteiger partial charge in [0.05, 0.1) is 7.11 Å². The van der Waals surface area contributed by atoms with Gasteiger partial charge in [-0.1, -0.05) is 0 Å². The Morgan fingerprint density at radius 2 is 2.29 bits per heavy atom. The second-order valence-corrected chi connectivity index (χ2v) is 3.47. The highest BCUT2D eigenvalue weighted by atomic mass is 16.5. The van der Waals surface area contributed by atoms with Crippen LogP contribution >= 0.6 is 0 Å². The molecular weight excluding hydrogens is 220 g/mol. The van der Waals surface area contributed by atoms with Gasteiger partial charge in [-0.3, -0.25) is 9.89 Å². The van der Waals surface area contributed by atoms with Crippen LogP contribution in [0, 0.1) is 6.92 Å². The number of rotatable bonds is 3. The molecular formula is C11H12N4O2. The Labute approximate surface area is 98.0 Å². The molecule has 0 aliphatic carbocycles. The lowest BCUT2D eigenvalue weighted by Crippen LogP contribution is -2.13. The lowest BCUT2D eigenvalue weighted by molar-refractivity contribution is 0.101. The number of hydrogen-bond acceptors (Lipinski definition) is 4. The molecule has 17 heavy (non-hydrogen) atoms. The number of anilines is 1. The first-order valence-corrected chi connectivity index (χ1v) is 5.02. The van der Waals surface area contributed by atoms with Gasteiger partial charge in [-0.15, -0.1) is 0 Å². The fraction of sp³-hybridized carbons (Fsp3) is 0.182. The standard InChI is InChI=1S/C11H12N4O2/c1-7-5-8(3-4-9(7)17-2)14-11(16)10-12-6-13-15-10/h3-6H,1-2H3,(H,14,16)(H,12,13,15). The molecule has 1 heterocycles. The summed E-state index contributed by atoms with van der Waals surface area (Å²) < 4.78 is 5.14. The van der Waals surface area contributed by atoms with E-state index < -0.39 is 0 Å². The number of H-pyrrole nitrogens is 1. The number of carbonyl (C=O) groups excluding carboxylic acids is 1. The van der Waals surface area contributed by atoms with E-state index in [1.165, 1.54) is 6.33 Å². The predicted molar refractivity (Wildman–Crippen MR) is 62.1 cm³/mol. The highest BCUT2D eigenvalue weighted by Crippen LogP contribution is 2.21. The van der Waals surface area contributed by atoms with Gasteiger partial charge in [-0.25, -0.2) is 4.98 Å². The first-order chi connectivity index (χ1) is 8.20. The number of carbonyl (C=O) groups is 1. The summed E-state index contributed by atoms with van der Waals surface area (Å²) in [6.07, 6.45) is 1.29. The molecule has 0 radical (unpaired) electrons. The van der Waals surface area contributed by atoms with Gasteiger partial charge < -0.3 is 10.1 Å². The lowest BCUT2D eigenvalue weighted by atomic mass is 10.2. The maximum atomic E-state index is 11.7. The van der Waals surface area contributed by atoms with Crippen molar-refractivity contribution in [1.29, 1.82) is 0 Å². The maximum absolute atomic E-state index is 11.7. The molecule has 0 aliphatic heterocycles. The normalized spacial score (nSPS) is 10.0. The van der Waals surface area contributed by atoms with Crippen LogP contribution in [0.3, 0.4) is 0 Å². The van der Waals surface area contributed by atoms with Crippen LogP contribution in [0.25, 0.3) is 0 Å². The summed E-state index contributed by atoms with van der Waals surface area (Å²) in [6.45, 7) is 1.91. The highest BCUT2D eigenvalue weighted by molar-refractivity contribution is 6.01. The summed E-state index contributed by atoms with van der Waals surface area (Å²) >= 11 is 0. The first-order valence-electron chi connectivity index (χ1n) is 5.02. The Kier molecular flexibility index (Phi) is 3.04. The number of ether oxygens (including phenoxy) is 1. The van der Waals surface area contributed by atoms with Crippen molar-refractivity contribution in [3.8, 4) is 5.75 Å². The summed E-state index contributed by atoms with van der Waals surface area (Å²) in [5, 5.41) is 8.82. The summed E-state index contributed by atoms with van der Waals surface area (Å²) in [5.74, 6) is 0.633. The molecule has 0 atom stereocenters. The summed E-state index contributed by atoms with van der Waals surface area (Å²) in [7, 11) is 1.61. The van der Waals surface area contributed by atoms with E-state index in [0.717, 1.165) is 11.3 Å². The van der Waals surface area contributed by atoms with Gasteiger partial charge in [-0.05, 0) is 30.7 Å². The molecule has 0 fully saturated rings. The van der Waals surface area contributed by atoms with E-state index in [9.17, 15) is 4.79 Å². The number of methoxy groups -OCH3 is 1. The van der Waals surface area contributed by atoms with E-state index in [2.05, 4.69) is 20.5 Å². The van der Waals surface area contributed by atoms with Crippen LogP contribution in [0.2, 0.25) is 0 Å². The molecule has 1 aromatic carbocycles. The third kappa shape index (κ3) is 2.41. The zero-order chi connectivity index (χ0) is 12.3. The molecule has 0 unspecified atom stereocenters. The number of amides is 1. The molecule has 2 aromatic rings. The smallest absolute Gasteiger partial charge is 0.292 e. The molecule has 1 aromatic heterocycles. The third-order valence-electron chi connectivity index (χ3n) is 2.28. The molecule has 0 saturated heterocycles. The number of aryl methyl sites for hydroxylation is 1. The van der Waals surface area contributed by atoms with Gasteiger partial charge in [-0.2, -0.15) is 5.10 Å². The number of aromatic amines is 1. The van der Waals surface area contributed by atoms with Crippen LogP contribution in [-0.4, -0.2) is 28.2 Å². The van der Waals surface area contributed by atoms with Crippen molar-refractivity contribution in [2.24, 2.45) is 0 Å². The van der Waals surface area contributed by atoms with Gasteiger partial charge in [0.25, 0.3) is 5.91 Å². The van der Waals surface area contributed by atoms with Crippen molar-refractivity contribution in [1.82, 2.24) is 15.2 Å². The molecule has 1 amide bonds. The second kappa shape index (κ2) is 4.65. The second-order valence-electron chi connectivity index (χ2n) is 3.47. The molecule has 0 spiro atoms. The molecule has 0 bridgehead atoms. The van der Waals surface area contributed by atoms with E-state index in [4.69, 9.17) is 4.74 Å². The van der Waals surface area contributed by atoms with Gasteiger partial charge >= 0.3 is 0 Å². The largest absolute Gasteiger partial charge is 0.496 e. The quantitative estimate of drug-likeness (QED) is 0.837. The molecule has 88 valence electrons. The number of benzene rings is 1. The summed E-state index contributed by atoms with van der Waals surface area (Å²) in [5.41, 5.74) is 1.63. The topological polar surface area (TPSA) is 79.9 Å². The van der Waals surface area contributed by atoms with Gasteiger partial charge in [0.15, 0.2) is 0 Å². The Morgan fingerprint density at radius 3 is 2.88 bits per heavy atom. The van der Waals surface area contributed by atoms with Crippen LogP contribution in [0.15, 0.2) is 24.5 Å². The predicted octanol–water partition coefficient (Wildman–Crippen LogP) is 1.37. The van der Waals surface area contributed by atoms with Crippen molar-refractivity contribution in [3.63, 3.8) is 0 Å². The fourth-order valence-electron chi connectivity index (χ4n) is 1.46. The molecule has 0 aliphatic rings. The number of aromatic nitrogens is 3. The minimum atomic E-state index is -0.327. The Hall–Kier alpha value is -2.37. The minimum Gasteiger partial charge on any atom is -0.496 e. The molecule has 2 rings (SSSR count). The van der Waals surface area contributed by atoms with Gasteiger partial charge in [0, 0.05) is 5.69 Å². The summed E-state index contributed by atoms with van der Waals surface area (Å²) in [6, 6.07) is 5.39. The van der Waals surface area contributed by atoms with Crippen LogP contribution in [0.5, 0.6) is 5.75 Å². The van der Waals surface area contributed by atoms with Gasteiger partial charge in [0.2, 0.25) is 5.82 Å². The van der Waals surface area contributed by atoms with Crippen LogP contribution < -0.4 is 10.1 Å². The number of nitrogens with zero attached hydrogens (tertiary/aromatic N) is 2. The maximum Gasteiger partial charge on any atom is 0.292 e. The highest BCUT2D eigenvalue weighted by Gasteiger charge is 2.09. The molecule has 6 heteroatoms. The van der Waals surface area contributed by atoms with E-state index in [-0.39, 0.29) is 11.7 Å². The van der Waals surface area contributed by atoms with Crippen LogP contribution in [-0.2, 0) is 0 Å². The average molecular weight is 232 g/mol. The van der Waals surface area contributed by atoms with E-state index >= 15 is 0 Å². The fourth-order valence-corrected chi connectivity index (χ4v) is 1.46. The zero-order valence-electron chi connectivity index (χ0n) is 9.52. The number of hydrogen-bond donors (Lipinski definition) is 2. The Balaban J connectivity index is 2.14. The first kappa shape index (κ1) is 11.1. The van der Waals surface area contributed by atoms with Crippen molar-refractivity contribution in [2.75, 3.05) is 12.4 Å². The van der Waals surface area contributed by atoms with Crippen molar-refractivity contribution in [2.45, 2.75) is 6.92 Å². The number of nitrogens with one attached hydrogen (secondary N) is 2. The van der Waals surface area contributed by atoms with Crippen molar-refractivity contribution >= 4 is 11.6 Å². The SMILES string of the molecule is COc1ccc(NC(=O)c2ncn[nH]2)cc1C. The Bertz CT molecular complexity index is 522. The lowest BCUT2D eigenvalue weighted by Gasteiger charge is -2.07. The average Bonchev–Trinajstić information content (AvgIpc) is 2.82. The zero-order valence-corrected chi connectivity index (χ0v) is 9.52. The third-order valence-corrected chi connectivity index (χ3v) is 2.28. The van der Waals surface area contributed by atoms with Crippen molar-refractivity contribution in [3.05, 3.63) is 35.9 Å². The van der Waals surface area contributed by atoms with E-state index in [1.54, 1.807) is 19.2 Å². The van der Waals surface area contributed by atoms with Crippen molar-refractivity contribution < 1.29 is 9.53 Å².